The van der Waals surface area contributed by atoms with E-state index in [9.17, 15) is 4.39 Å². The number of nitrogens with zero attached hydrogens (tertiary/aromatic N) is 2. The van der Waals surface area contributed by atoms with Crippen molar-refractivity contribution in [1.29, 1.82) is 0 Å². The largest absolute Gasteiger partial charge is 0.486 e. The highest BCUT2D eigenvalue weighted by Crippen LogP contribution is 2.11. The van der Waals surface area contributed by atoms with Crippen molar-refractivity contribution in [2.24, 2.45) is 0 Å². The van der Waals surface area contributed by atoms with E-state index < -0.39 is 0 Å². The van der Waals surface area contributed by atoms with Crippen LogP contribution in [0.4, 0.5) is 4.39 Å². The molecule has 0 spiro atoms. The Hall–Kier alpha value is -1.84. The Morgan fingerprint density at radius 3 is 2.69 bits per heavy atom. The molecule has 2 rings (SSSR count). The van der Waals surface area contributed by atoms with Gasteiger partial charge in [0.25, 0.3) is 0 Å². The van der Waals surface area contributed by atoms with E-state index in [0.29, 0.717) is 6.61 Å². The molecule has 0 N–H and O–H groups in total. The van der Waals surface area contributed by atoms with Gasteiger partial charge in [-0.05, 0) is 24.6 Å². The van der Waals surface area contributed by atoms with Crippen LogP contribution in [0.2, 0.25) is 0 Å². The molecule has 0 unspecified atom stereocenters. The average Bonchev–Trinajstić information content (AvgIpc) is 2.76. The van der Waals surface area contributed by atoms with E-state index in [0.717, 1.165) is 17.9 Å². The maximum absolute atomic E-state index is 12.6. The van der Waals surface area contributed by atoms with E-state index >= 15 is 0 Å². The monoisotopic (exact) mass is 220 g/mol. The fourth-order valence-electron chi connectivity index (χ4n) is 1.34. The van der Waals surface area contributed by atoms with Crippen LogP contribution in [0.15, 0.2) is 36.7 Å². The van der Waals surface area contributed by atoms with Crippen molar-refractivity contribution in [3.8, 4) is 5.75 Å². The van der Waals surface area contributed by atoms with E-state index in [1.807, 2.05) is 13.1 Å². The highest BCUT2D eigenvalue weighted by Gasteiger charge is 1.99. The zero-order valence-electron chi connectivity index (χ0n) is 9.06. The third kappa shape index (κ3) is 2.59. The molecule has 0 amide bonds. The molecule has 3 nitrogen and oxygen atoms in total. The van der Waals surface area contributed by atoms with Gasteiger partial charge in [-0.3, -0.25) is 4.68 Å². The molecule has 0 aliphatic rings. The molecule has 1 aromatic carbocycles. The van der Waals surface area contributed by atoms with Crippen LogP contribution in [0.5, 0.6) is 5.75 Å². The lowest BCUT2D eigenvalue weighted by atomic mass is 10.2. The molecular weight excluding hydrogens is 207 g/mol. The van der Waals surface area contributed by atoms with Crippen LogP contribution >= 0.6 is 0 Å². The van der Waals surface area contributed by atoms with Crippen molar-refractivity contribution in [3.63, 3.8) is 0 Å². The summed E-state index contributed by atoms with van der Waals surface area (Å²) in [5.41, 5.74) is 0.936. The molecule has 0 aliphatic carbocycles. The molecule has 0 aliphatic heterocycles. The molecule has 1 aromatic heterocycles. The molecule has 0 saturated carbocycles. The Morgan fingerprint density at radius 1 is 1.31 bits per heavy atom. The molecule has 0 radical (unpaired) electrons. The smallest absolute Gasteiger partial charge is 0.157 e. The number of aromatic nitrogens is 2. The molecule has 0 atom stereocenters. The van der Waals surface area contributed by atoms with Crippen molar-refractivity contribution in [2.75, 3.05) is 0 Å². The van der Waals surface area contributed by atoms with Crippen molar-refractivity contribution in [1.82, 2.24) is 9.78 Å². The Morgan fingerprint density at radius 2 is 2.06 bits per heavy atom. The predicted molar refractivity (Wildman–Crippen MR) is 58.6 cm³/mol. The summed E-state index contributed by atoms with van der Waals surface area (Å²) in [5.74, 6) is 0.494. The second-order valence-corrected chi connectivity index (χ2v) is 3.45. The Balaban J connectivity index is 1.94. The summed E-state index contributed by atoms with van der Waals surface area (Å²) in [5, 5.41) is 4.09. The summed E-state index contributed by atoms with van der Waals surface area (Å²) in [7, 11) is 0. The van der Waals surface area contributed by atoms with Gasteiger partial charge in [-0.15, -0.1) is 0 Å². The molecule has 16 heavy (non-hydrogen) atoms. The van der Waals surface area contributed by atoms with Crippen LogP contribution in [-0.2, 0) is 13.2 Å². The van der Waals surface area contributed by atoms with Crippen molar-refractivity contribution in [3.05, 3.63) is 48.0 Å². The van der Waals surface area contributed by atoms with E-state index in [1.165, 1.54) is 12.1 Å². The van der Waals surface area contributed by atoms with E-state index in [-0.39, 0.29) is 5.82 Å². The number of hydrogen-bond acceptors (Lipinski definition) is 2. The molecular formula is C12H13FN2O. The van der Waals surface area contributed by atoms with Crippen LogP contribution in [0, 0.1) is 5.82 Å². The average molecular weight is 220 g/mol. The second-order valence-electron chi connectivity index (χ2n) is 3.45. The standard InChI is InChI=1S/C12H13FN2O/c1-2-15-8-12(7-14-15)16-9-10-3-5-11(13)6-4-10/h3-8H,2,9H2,1H3. The first-order valence-corrected chi connectivity index (χ1v) is 5.17. The quantitative estimate of drug-likeness (QED) is 0.792. The van der Waals surface area contributed by atoms with Gasteiger partial charge < -0.3 is 4.74 Å². The van der Waals surface area contributed by atoms with Gasteiger partial charge in [-0.1, -0.05) is 12.1 Å². The van der Waals surface area contributed by atoms with Crippen molar-refractivity contribution >= 4 is 0 Å². The minimum Gasteiger partial charge on any atom is -0.486 e. The van der Waals surface area contributed by atoms with E-state index in [4.69, 9.17) is 4.74 Å². The second kappa shape index (κ2) is 4.79. The molecule has 2 aromatic rings. The maximum atomic E-state index is 12.6. The number of rotatable bonds is 4. The number of halogens is 1. The van der Waals surface area contributed by atoms with Gasteiger partial charge in [0.15, 0.2) is 5.75 Å². The summed E-state index contributed by atoms with van der Waals surface area (Å²) in [6.45, 7) is 3.26. The normalized spacial score (nSPS) is 10.4. The first kappa shape index (κ1) is 10.7. The lowest BCUT2D eigenvalue weighted by Crippen LogP contribution is -1.95. The van der Waals surface area contributed by atoms with Crippen LogP contribution < -0.4 is 4.74 Å². The summed E-state index contributed by atoms with van der Waals surface area (Å²) in [6.07, 6.45) is 3.51. The topological polar surface area (TPSA) is 27.1 Å². The fourth-order valence-corrected chi connectivity index (χ4v) is 1.34. The van der Waals surface area contributed by atoms with Crippen LogP contribution in [0.1, 0.15) is 12.5 Å². The van der Waals surface area contributed by atoms with Gasteiger partial charge >= 0.3 is 0 Å². The third-order valence-electron chi connectivity index (χ3n) is 2.25. The Bertz CT molecular complexity index is 450. The lowest BCUT2D eigenvalue weighted by Gasteiger charge is -2.02. The Labute approximate surface area is 93.5 Å². The van der Waals surface area contributed by atoms with Crippen molar-refractivity contribution in [2.45, 2.75) is 20.1 Å². The van der Waals surface area contributed by atoms with Gasteiger partial charge in [0.2, 0.25) is 0 Å². The predicted octanol–water partition coefficient (Wildman–Crippen LogP) is 2.62. The van der Waals surface area contributed by atoms with E-state index in [2.05, 4.69) is 5.10 Å². The summed E-state index contributed by atoms with van der Waals surface area (Å²) in [6, 6.07) is 6.27. The number of hydrogen-bond donors (Lipinski definition) is 0. The molecule has 0 fully saturated rings. The van der Waals surface area contributed by atoms with Crippen LogP contribution in [0.3, 0.4) is 0 Å². The highest BCUT2D eigenvalue weighted by atomic mass is 19.1. The Kier molecular flexibility index (Phi) is 3.19. The lowest BCUT2D eigenvalue weighted by molar-refractivity contribution is 0.305. The fraction of sp³-hybridized carbons (Fsp3) is 0.250. The number of aryl methyl sites for hydroxylation is 1. The van der Waals surface area contributed by atoms with Gasteiger partial charge in [0, 0.05) is 6.54 Å². The summed E-state index contributed by atoms with van der Waals surface area (Å²) < 4.78 is 19.9. The summed E-state index contributed by atoms with van der Waals surface area (Å²) >= 11 is 0. The molecule has 0 bridgehead atoms. The molecule has 0 saturated heterocycles. The maximum Gasteiger partial charge on any atom is 0.157 e. The van der Waals surface area contributed by atoms with Gasteiger partial charge in [-0.25, -0.2) is 4.39 Å². The van der Waals surface area contributed by atoms with Gasteiger partial charge in [0.1, 0.15) is 12.4 Å². The SMILES string of the molecule is CCn1cc(OCc2ccc(F)cc2)cn1. The van der Waals surface area contributed by atoms with Gasteiger partial charge in [-0.2, -0.15) is 5.10 Å². The minimum absolute atomic E-state index is 0.234. The first-order chi connectivity index (χ1) is 7.78. The van der Waals surface area contributed by atoms with Gasteiger partial charge in [0.05, 0.1) is 12.4 Å². The molecule has 1 heterocycles. The number of ether oxygens (including phenoxy) is 1. The van der Waals surface area contributed by atoms with Crippen LogP contribution in [-0.4, -0.2) is 9.78 Å². The zero-order valence-corrected chi connectivity index (χ0v) is 9.06. The first-order valence-electron chi connectivity index (χ1n) is 5.17. The minimum atomic E-state index is -0.234. The third-order valence-corrected chi connectivity index (χ3v) is 2.25. The molecule has 4 heteroatoms. The van der Waals surface area contributed by atoms with E-state index in [1.54, 1.807) is 23.0 Å². The highest BCUT2D eigenvalue weighted by molar-refractivity contribution is 5.17. The van der Waals surface area contributed by atoms with Crippen LogP contribution in [0.25, 0.3) is 0 Å². The van der Waals surface area contributed by atoms with Crippen molar-refractivity contribution < 1.29 is 9.13 Å². The zero-order chi connectivity index (χ0) is 11.4. The number of benzene rings is 1. The summed E-state index contributed by atoms with van der Waals surface area (Å²) in [4.78, 5) is 0. The molecule has 84 valence electrons.